The van der Waals surface area contributed by atoms with Crippen molar-refractivity contribution in [1.29, 1.82) is 0 Å². The summed E-state index contributed by atoms with van der Waals surface area (Å²) in [5.74, 6) is 1.23. The van der Waals surface area contributed by atoms with Gasteiger partial charge < -0.3 is 15.2 Å². The fourth-order valence-electron chi connectivity index (χ4n) is 2.52. The van der Waals surface area contributed by atoms with Gasteiger partial charge in [0.05, 0.1) is 18.3 Å². The Kier molecular flexibility index (Phi) is 7.02. The molecule has 0 saturated carbocycles. The van der Waals surface area contributed by atoms with Gasteiger partial charge in [-0.2, -0.15) is 0 Å². The fourth-order valence-corrected chi connectivity index (χ4v) is 2.52. The molecule has 114 valence electrons. The fraction of sp³-hybridized carbons (Fsp3) is 0.714. The highest BCUT2D eigenvalue weighted by Crippen LogP contribution is 2.22. The Morgan fingerprint density at radius 3 is 2.90 bits per heavy atom. The van der Waals surface area contributed by atoms with Crippen LogP contribution in [0.4, 0.5) is 0 Å². The highest BCUT2D eigenvalue weighted by atomic mass is 35.5. The number of nitrogens with one attached hydrogen (secondary N) is 2. The summed E-state index contributed by atoms with van der Waals surface area (Å²) >= 11 is 0. The second kappa shape index (κ2) is 8.27. The Bertz CT molecular complexity index is 412. The quantitative estimate of drug-likeness (QED) is 0.846. The normalized spacial score (nSPS) is 18.1. The van der Waals surface area contributed by atoms with Crippen molar-refractivity contribution in [3.05, 3.63) is 17.5 Å². The third-order valence-electron chi connectivity index (χ3n) is 3.79. The molecule has 20 heavy (non-hydrogen) atoms. The first-order valence-corrected chi connectivity index (χ1v) is 7.21. The van der Waals surface area contributed by atoms with E-state index in [0.717, 1.165) is 43.7 Å². The smallest absolute Gasteiger partial charge is 0.237 e. The second-order valence-corrected chi connectivity index (χ2v) is 5.10. The number of carbonyl (C=O) groups excluding carboxylic acids is 1. The van der Waals surface area contributed by atoms with E-state index in [0.29, 0.717) is 12.5 Å². The molecule has 1 aliphatic heterocycles. The lowest BCUT2D eigenvalue weighted by Gasteiger charge is -2.09. The summed E-state index contributed by atoms with van der Waals surface area (Å²) in [5, 5.41) is 10.2. The van der Waals surface area contributed by atoms with E-state index >= 15 is 0 Å². The van der Waals surface area contributed by atoms with Crippen LogP contribution in [0, 0.1) is 0 Å². The third kappa shape index (κ3) is 4.21. The van der Waals surface area contributed by atoms with Crippen LogP contribution in [0.25, 0.3) is 0 Å². The van der Waals surface area contributed by atoms with Crippen molar-refractivity contribution >= 4 is 18.3 Å². The van der Waals surface area contributed by atoms with Gasteiger partial charge in [-0.05, 0) is 32.2 Å². The van der Waals surface area contributed by atoms with Crippen molar-refractivity contribution in [2.75, 3.05) is 6.54 Å². The zero-order chi connectivity index (χ0) is 13.7. The van der Waals surface area contributed by atoms with E-state index in [2.05, 4.69) is 29.6 Å². The van der Waals surface area contributed by atoms with Crippen molar-refractivity contribution in [2.45, 2.75) is 58.0 Å². The molecule has 2 rings (SSSR count). The maximum absolute atomic E-state index is 11.8. The predicted molar refractivity (Wildman–Crippen MR) is 79.9 cm³/mol. The van der Waals surface area contributed by atoms with E-state index in [1.54, 1.807) is 0 Å². The lowest BCUT2D eigenvalue weighted by Crippen LogP contribution is -2.39. The molecule has 0 aromatic carbocycles. The van der Waals surface area contributed by atoms with Crippen LogP contribution in [0.5, 0.6) is 0 Å². The van der Waals surface area contributed by atoms with E-state index in [4.69, 9.17) is 4.52 Å². The van der Waals surface area contributed by atoms with Crippen LogP contribution in [-0.4, -0.2) is 23.7 Å². The first-order valence-electron chi connectivity index (χ1n) is 7.21. The zero-order valence-corrected chi connectivity index (χ0v) is 13.0. The number of amides is 1. The number of nitrogens with zero attached hydrogens (tertiary/aromatic N) is 1. The van der Waals surface area contributed by atoms with Gasteiger partial charge in [0.25, 0.3) is 0 Å². The maximum atomic E-state index is 11.8. The molecule has 1 atom stereocenters. The molecule has 0 spiro atoms. The highest BCUT2D eigenvalue weighted by Gasteiger charge is 2.22. The zero-order valence-electron chi connectivity index (χ0n) is 12.1. The summed E-state index contributed by atoms with van der Waals surface area (Å²) in [7, 11) is 0. The molecule has 1 unspecified atom stereocenters. The van der Waals surface area contributed by atoms with Crippen molar-refractivity contribution in [2.24, 2.45) is 0 Å². The Morgan fingerprint density at radius 2 is 2.30 bits per heavy atom. The summed E-state index contributed by atoms with van der Waals surface area (Å²) < 4.78 is 5.28. The molecule has 1 aromatic heterocycles. The van der Waals surface area contributed by atoms with Gasteiger partial charge in [-0.1, -0.05) is 19.0 Å². The summed E-state index contributed by atoms with van der Waals surface area (Å²) in [6.45, 7) is 5.65. The minimum absolute atomic E-state index is 0. The van der Waals surface area contributed by atoms with Gasteiger partial charge in [0.15, 0.2) is 5.76 Å². The monoisotopic (exact) mass is 301 g/mol. The summed E-state index contributed by atoms with van der Waals surface area (Å²) in [5.41, 5.74) is 0.994. The molecule has 1 saturated heterocycles. The van der Waals surface area contributed by atoms with Crippen LogP contribution in [0.2, 0.25) is 0 Å². The van der Waals surface area contributed by atoms with Gasteiger partial charge >= 0.3 is 0 Å². The maximum Gasteiger partial charge on any atom is 0.237 e. The van der Waals surface area contributed by atoms with Crippen molar-refractivity contribution in [1.82, 2.24) is 15.8 Å². The number of hydrogen-bond donors (Lipinski definition) is 2. The van der Waals surface area contributed by atoms with Crippen LogP contribution in [-0.2, 0) is 11.3 Å². The van der Waals surface area contributed by atoms with Crippen LogP contribution >= 0.6 is 12.4 Å². The average molecular weight is 302 g/mol. The largest absolute Gasteiger partial charge is 0.359 e. The summed E-state index contributed by atoms with van der Waals surface area (Å²) in [4.78, 5) is 11.8. The minimum Gasteiger partial charge on any atom is -0.359 e. The number of aromatic nitrogens is 1. The molecule has 5 nitrogen and oxygen atoms in total. The predicted octanol–water partition coefficient (Wildman–Crippen LogP) is 2.37. The van der Waals surface area contributed by atoms with Crippen LogP contribution in [0.3, 0.4) is 0 Å². The average Bonchev–Trinajstić information content (AvgIpc) is 3.09. The van der Waals surface area contributed by atoms with Gasteiger partial charge in [0, 0.05) is 12.0 Å². The summed E-state index contributed by atoms with van der Waals surface area (Å²) in [6, 6.07) is 1.92. The van der Waals surface area contributed by atoms with Gasteiger partial charge in [-0.3, -0.25) is 4.79 Å². The second-order valence-electron chi connectivity index (χ2n) is 5.10. The van der Waals surface area contributed by atoms with Crippen LogP contribution < -0.4 is 10.6 Å². The Morgan fingerprint density at radius 1 is 1.55 bits per heavy atom. The molecule has 1 amide bonds. The van der Waals surface area contributed by atoms with E-state index in [1.165, 1.54) is 0 Å². The van der Waals surface area contributed by atoms with Gasteiger partial charge in [0.2, 0.25) is 5.91 Å². The van der Waals surface area contributed by atoms with Gasteiger partial charge in [-0.15, -0.1) is 12.4 Å². The molecule has 1 fully saturated rings. The number of halogens is 1. The SMILES string of the molecule is CCC(CC)c1cc(CNC(=O)C2CCCN2)on1.Cl. The van der Waals surface area contributed by atoms with E-state index in [1.807, 2.05) is 6.07 Å². The molecule has 2 N–H and O–H groups in total. The molecule has 1 aliphatic rings. The van der Waals surface area contributed by atoms with Crippen LogP contribution in [0.15, 0.2) is 10.6 Å². The topological polar surface area (TPSA) is 67.2 Å². The van der Waals surface area contributed by atoms with Gasteiger partial charge in [-0.25, -0.2) is 0 Å². The van der Waals surface area contributed by atoms with E-state index < -0.39 is 0 Å². The molecule has 0 radical (unpaired) electrons. The lowest BCUT2D eigenvalue weighted by atomic mass is 9.99. The minimum atomic E-state index is -0.0403. The molecular weight excluding hydrogens is 278 g/mol. The first-order chi connectivity index (χ1) is 9.24. The first kappa shape index (κ1) is 17.0. The molecular formula is C14H24ClN3O2. The molecule has 0 bridgehead atoms. The number of rotatable bonds is 6. The highest BCUT2D eigenvalue weighted by molar-refractivity contribution is 5.85. The molecule has 0 aliphatic carbocycles. The molecule has 2 heterocycles. The third-order valence-corrected chi connectivity index (χ3v) is 3.79. The Labute approximate surface area is 126 Å². The number of carbonyl (C=O) groups is 1. The van der Waals surface area contributed by atoms with E-state index in [-0.39, 0.29) is 24.4 Å². The van der Waals surface area contributed by atoms with Crippen molar-refractivity contribution in [3.63, 3.8) is 0 Å². The molecule has 1 aromatic rings. The Hall–Kier alpha value is -1.07. The number of hydrogen-bond acceptors (Lipinski definition) is 4. The van der Waals surface area contributed by atoms with Gasteiger partial charge in [0.1, 0.15) is 0 Å². The van der Waals surface area contributed by atoms with Crippen LogP contribution in [0.1, 0.15) is 56.9 Å². The molecule has 6 heteroatoms. The lowest BCUT2D eigenvalue weighted by molar-refractivity contribution is -0.123. The standard InChI is InChI=1S/C14H23N3O2.ClH/c1-3-10(4-2)13-8-11(19-17-13)9-16-14(18)12-6-5-7-15-12;/h8,10,12,15H,3-7,9H2,1-2H3,(H,16,18);1H. The summed E-state index contributed by atoms with van der Waals surface area (Å²) in [6.07, 6.45) is 4.10. The van der Waals surface area contributed by atoms with E-state index in [9.17, 15) is 4.79 Å². The Balaban J connectivity index is 0.00000200. The van der Waals surface area contributed by atoms with Crippen molar-refractivity contribution in [3.8, 4) is 0 Å². The van der Waals surface area contributed by atoms with Crippen molar-refractivity contribution < 1.29 is 9.32 Å².